The van der Waals surface area contributed by atoms with Gasteiger partial charge in [0.05, 0.1) is 0 Å². The van der Waals surface area contributed by atoms with E-state index >= 15 is 0 Å². The monoisotopic (exact) mass is 783 g/mol. The zero-order valence-corrected chi connectivity index (χ0v) is 43.6. The lowest BCUT2D eigenvalue weighted by Gasteiger charge is -2.44. The predicted octanol–water partition coefficient (Wildman–Crippen LogP) is 19.9. The molecule has 0 aliphatic heterocycles. The van der Waals surface area contributed by atoms with Gasteiger partial charge in [-0.2, -0.15) is 0 Å². The molecular formula is C56H110. The molecule has 2 fully saturated rings. The Kier molecular flexibility index (Phi) is 30.1. The molecule has 334 valence electrons. The SMILES string of the molecule is CC(C)(C)C.CC(C)(C)CCCc1ccccc1.CC1[C@@H]2C[C@@H](CC2C(C)(C)C)C1(C)C.CCC.CCC(C)(CCCC(C)C)C(C)(C)C.CCC=CCCC. The molecule has 5 atom stereocenters. The molecule has 2 aliphatic rings. The Hall–Kier alpha value is -1.04. The van der Waals surface area contributed by atoms with Crippen LogP contribution >= 0.6 is 0 Å². The van der Waals surface area contributed by atoms with Crippen LogP contribution in [0, 0.1) is 62.1 Å². The number of benzene rings is 1. The van der Waals surface area contributed by atoms with Crippen LogP contribution in [0.25, 0.3) is 0 Å². The van der Waals surface area contributed by atoms with Crippen LogP contribution in [0.3, 0.4) is 0 Å². The van der Waals surface area contributed by atoms with Crippen molar-refractivity contribution >= 4 is 0 Å². The summed E-state index contributed by atoms with van der Waals surface area (Å²) in [5.41, 5.74) is 4.55. The molecule has 0 nitrogen and oxygen atoms in total. The summed E-state index contributed by atoms with van der Waals surface area (Å²) in [6.07, 6.45) is 21.7. The van der Waals surface area contributed by atoms with E-state index in [2.05, 4.69) is 209 Å². The highest BCUT2D eigenvalue weighted by atomic mass is 14.6. The number of rotatable bonds is 11. The lowest BCUT2D eigenvalue weighted by Crippen LogP contribution is -2.37. The minimum Gasteiger partial charge on any atom is -0.0888 e. The number of fused-ring (bicyclic) bond motifs is 2. The Morgan fingerprint density at radius 3 is 1.55 bits per heavy atom. The lowest BCUT2D eigenvalue weighted by atomic mass is 9.61. The molecular weight excluding hydrogens is 673 g/mol. The minimum absolute atomic E-state index is 0.443. The van der Waals surface area contributed by atoms with Gasteiger partial charge in [0.1, 0.15) is 0 Å². The highest BCUT2D eigenvalue weighted by Crippen LogP contribution is 2.64. The first-order valence-electron chi connectivity index (χ1n) is 24.1. The maximum absolute atomic E-state index is 2.49. The second-order valence-corrected chi connectivity index (χ2v) is 24.1. The minimum atomic E-state index is 0.443. The van der Waals surface area contributed by atoms with Crippen LogP contribution in [0.15, 0.2) is 42.5 Å². The van der Waals surface area contributed by atoms with Crippen LogP contribution in [-0.4, -0.2) is 0 Å². The van der Waals surface area contributed by atoms with E-state index < -0.39 is 0 Å². The molecule has 0 amide bonds. The van der Waals surface area contributed by atoms with Crippen molar-refractivity contribution < 1.29 is 0 Å². The molecule has 0 spiro atoms. The smallest absolute Gasteiger partial charge is 0.0279 e. The maximum atomic E-state index is 2.49. The summed E-state index contributed by atoms with van der Waals surface area (Å²) in [7, 11) is 0. The van der Waals surface area contributed by atoms with Gasteiger partial charge in [-0.3, -0.25) is 0 Å². The van der Waals surface area contributed by atoms with Gasteiger partial charge in [0, 0.05) is 0 Å². The van der Waals surface area contributed by atoms with Gasteiger partial charge in [-0.25, -0.2) is 0 Å². The van der Waals surface area contributed by atoms with E-state index in [-0.39, 0.29) is 0 Å². The molecule has 0 saturated heterocycles. The Labute approximate surface area is 358 Å². The molecule has 2 saturated carbocycles. The topological polar surface area (TPSA) is 0 Å². The fourth-order valence-electron chi connectivity index (χ4n) is 8.05. The molecule has 1 aromatic rings. The third kappa shape index (κ3) is 28.4. The fourth-order valence-corrected chi connectivity index (χ4v) is 8.05. The second-order valence-electron chi connectivity index (χ2n) is 24.1. The normalized spacial score (nSPS) is 21.2. The van der Waals surface area contributed by atoms with Crippen LogP contribution in [-0.2, 0) is 6.42 Å². The number of allylic oxidation sites excluding steroid dienone is 2. The molecule has 2 bridgehead atoms. The van der Waals surface area contributed by atoms with Gasteiger partial charge in [-0.15, -0.1) is 0 Å². The summed E-state index contributed by atoms with van der Waals surface area (Å²) >= 11 is 0. The Morgan fingerprint density at radius 1 is 0.714 bits per heavy atom. The molecule has 0 radical (unpaired) electrons. The third-order valence-corrected chi connectivity index (χ3v) is 12.8. The Balaban J connectivity index is -0.000000640. The summed E-state index contributed by atoms with van der Waals surface area (Å²) in [5.74, 6) is 4.79. The standard InChI is InChI=1S/C14H26.C14H30.C13H20.C7H14.C5H12.C3H8/c1-9-11-7-10(14(9,5)6)8-12(11)13(2,3)4;1-8-14(7,13(4,5)6)11-9-10-12(2)3;1-13(2,3)11-7-10-12-8-5-4-6-9-12;1-3-5-7-6-4-2;1-5(2,3)4;1-3-2/h9-12H,7-8H2,1-6H3;12H,8-11H2,1-7H3;4-6,8-9H,7,10-11H2,1-3H3;5,7H,3-4,6H2,1-2H3;1-4H3;3H2,1-2H3/t9?,10-,11-,12?;;;;;/m0...../s1. The van der Waals surface area contributed by atoms with Crippen LogP contribution < -0.4 is 0 Å². The molecule has 2 aliphatic carbocycles. The molecule has 0 heteroatoms. The summed E-state index contributed by atoms with van der Waals surface area (Å²) in [4.78, 5) is 0. The van der Waals surface area contributed by atoms with E-state index in [9.17, 15) is 0 Å². The van der Waals surface area contributed by atoms with Crippen LogP contribution in [0.1, 0.15) is 249 Å². The van der Waals surface area contributed by atoms with Crippen molar-refractivity contribution in [1.29, 1.82) is 0 Å². The van der Waals surface area contributed by atoms with Gasteiger partial charge in [0.15, 0.2) is 0 Å². The van der Waals surface area contributed by atoms with E-state index in [0.29, 0.717) is 32.5 Å². The van der Waals surface area contributed by atoms with Gasteiger partial charge in [0.2, 0.25) is 0 Å². The zero-order valence-electron chi connectivity index (χ0n) is 43.6. The Bertz CT molecular complexity index is 1050. The number of hydrogen-bond donors (Lipinski definition) is 0. The summed E-state index contributed by atoms with van der Waals surface area (Å²) < 4.78 is 0. The molecule has 3 unspecified atom stereocenters. The third-order valence-electron chi connectivity index (χ3n) is 12.8. The van der Waals surface area contributed by atoms with Crippen molar-refractivity contribution in [2.75, 3.05) is 0 Å². The van der Waals surface area contributed by atoms with Crippen molar-refractivity contribution in [3.63, 3.8) is 0 Å². The molecule has 3 rings (SSSR count). The summed E-state index contributed by atoms with van der Waals surface area (Å²) in [6, 6.07) is 10.7. The quantitative estimate of drug-likeness (QED) is 0.196. The van der Waals surface area contributed by atoms with Gasteiger partial charge in [0.25, 0.3) is 0 Å². The average Bonchev–Trinajstić information content (AvgIpc) is 3.59. The van der Waals surface area contributed by atoms with Crippen molar-refractivity contribution in [2.45, 2.75) is 250 Å². The van der Waals surface area contributed by atoms with Gasteiger partial charge in [-0.1, -0.05) is 241 Å². The molecule has 0 heterocycles. The average molecular weight is 783 g/mol. The Morgan fingerprint density at radius 2 is 1.21 bits per heavy atom. The number of aryl methyl sites for hydroxylation is 1. The van der Waals surface area contributed by atoms with E-state index in [1.807, 2.05) is 0 Å². The van der Waals surface area contributed by atoms with E-state index in [1.54, 1.807) is 0 Å². The van der Waals surface area contributed by atoms with E-state index in [0.717, 1.165) is 29.6 Å². The van der Waals surface area contributed by atoms with Gasteiger partial charge < -0.3 is 0 Å². The van der Waals surface area contributed by atoms with Crippen molar-refractivity contribution in [2.24, 2.45) is 62.1 Å². The second kappa shape index (κ2) is 28.4. The predicted molar refractivity (Wildman–Crippen MR) is 263 cm³/mol. The van der Waals surface area contributed by atoms with Crippen molar-refractivity contribution in [1.82, 2.24) is 0 Å². The first-order valence-corrected chi connectivity index (χ1v) is 24.1. The first kappa shape index (κ1) is 59.3. The summed E-state index contributed by atoms with van der Waals surface area (Å²) in [6.45, 7) is 55.6. The highest BCUT2D eigenvalue weighted by Gasteiger charge is 2.57. The lowest BCUT2D eigenvalue weighted by molar-refractivity contribution is 0.0442. The fraction of sp³-hybridized carbons (Fsp3) is 0.857. The first-order chi connectivity index (χ1) is 25.4. The highest BCUT2D eigenvalue weighted by molar-refractivity contribution is 5.14. The van der Waals surface area contributed by atoms with Crippen LogP contribution in [0.4, 0.5) is 0 Å². The molecule has 0 aromatic heterocycles. The molecule has 56 heavy (non-hydrogen) atoms. The number of hydrogen-bond acceptors (Lipinski definition) is 0. The molecule has 0 N–H and O–H groups in total. The number of unbranched alkanes of at least 4 members (excludes halogenated alkanes) is 1. The van der Waals surface area contributed by atoms with Crippen LogP contribution in [0.2, 0.25) is 0 Å². The van der Waals surface area contributed by atoms with E-state index in [1.165, 1.54) is 89.0 Å². The van der Waals surface area contributed by atoms with E-state index in [4.69, 9.17) is 0 Å². The maximum Gasteiger partial charge on any atom is -0.0279 e. The van der Waals surface area contributed by atoms with Crippen molar-refractivity contribution in [3.8, 4) is 0 Å². The van der Waals surface area contributed by atoms with Crippen molar-refractivity contribution in [3.05, 3.63) is 48.0 Å². The largest absolute Gasteiger partial charge is 0.0888 e. The molecule has 1 aromatic carbocycles. The van der Waals surface area contributed by atoms with Gasteiger partial charge >= 0.3 is 0 Å². The van der Waals surface area contributed by atoms with Crippen LogP contribution in [0.5, 0.6) is 0 Å². The zero-order chi connectivity index (χ0) is 44.6. The van der Waals surface area contributed by atoms with Gasteiger partial charge in [-0.05, 0) is 119 Å². The summed E-state index contributed by atoms with van der Waals surface area (Å²) in [5, 5.41) is 0.